The number of aromatic amines is 1. The summed E-state index contributed by atoms with van der Waals surface area (Å²) in [6.07, 6.45) is 1.04. The Morgan fingerprint density at radius 2 is 2.27 bits per heavy atom. The highest BCUT2D eigenvalue weighted by molar-refractivity contribution is 5.28. The smallest absolute Gasteiger partial charge is 0.251 e. The van der Waals surface area contributed by atoms with Crippen molar-refractivity contribution in [2.75, 3.05) is 20.2 Å². The SMILES string of the molecule is COc1cccc(CN2CC[C@H](c3cc(=O)[nH]c(C)n3)C2)c1. The van der Waals surface area contributed by atoms with Crippen molar-refractivity contribution in [1.29, 1.82) is 0 Å². The van der Waals surface area contributed by atoms with Crippen LogP contribution in [-0.4, -0.2) is 35.1 Å². The fourth-order valence-electron chi connectivity index (χ4n) is 3.06. The quantitative estimate of drug-likeness (QED) is 0.939. The van der Waals surface area contributed by atoms with Gasteiger partial charge in [-0.2, -0.15) is 0 Å². The predicted octanol–water partition coefficient (Wildman–Crippen LogP) is 2.08. The summed E-state index contributed by atoms with van der Waals surface area (Å²) in [5.41, 5.74) is 2.10. The molecule has 1 aliphatic rings. The summed E-state index contributed by atoms with van der Waals surface area (Å²) in [7, 11) is 1.69. The number of benzene rings is 1. The molecule has 0 amide bonds. The van der Waals surface area contributed by atoms with Crippen molar-refractivity contribution < 1.29 is 4.74 Å². The first-order valence-electron chi connectivity index (χ1n) is 7.57. The number of nitrogens with one attached hydrogen (secondary N) is 1. The number of likely N-dealkylation sites (tertiary alicyclic amines) is 1. The van der Waals surface area contributed by atoms with E-state index in [1.165, 1.54) is 5.56 Å². The van der Waals surface area contributed by atoms with Gasteiger partial charge in [-0.1, -0.05) is 12.1 Å². The Morgan fingerprint density at radius 1 is 1.41 bits per heavy atom. The fourth-order valence-corrected chi connectivity index (χ4v) is 3.06. The third-order valence-corrected chi connectivity index (χ3v) is 4.11. The number of H-pyrrole nitrogens is 1. The number of rotatable bonds is 4. The minimum atomic E-state index is -0.0613. The van der Waals surface area contributed by atoms with E-state index in [2.05, 4.69) is 27.0 Å². The molecule has 0 unspecified atom stereocenters. The van der Waals surface area contributed by atoms with Crippen molar-refractivity contribution in [3.63, 3.8) is 0 Å². The maximum absolute atomic E-state index is 11.6. The summed E-state index contributed by atoms with van der Waals surface area (Å²) in [5, 5.41) is 0. The molecule has 5 nitrogen and oxygen atoms in total. The van der Waals surface area contributed by atoms with Crippen LogP contribution in [0.15, 0.2) is 35.1 Å². The minimum Gasteiger partial charge on any atom is -0.497 e. The Morgan fingerprint density at radius 3 is 3.05 bits per heavy atom. The molecule has 0 radical (unpaired) electrons. The molecule has 0 bridgehead atoms. The molecule has 1 fully saturated rings. The van der Waals surface area contributed by atoms with Gasteiger partial charge in [-0.05, 0) is 37.6 Å². The van der Waals surface area contributed by atoms with Crippen LogP contribution in [0.5, 0.6) is 5.75 Å². The number of methoxy groups -OCH3 is 1. The van der Waals surface area contributed by atoms with Crippen LogP contribution in [0.25, 0.3) is 0 Å². The predicted molar refractivity (Wildman–Crippen MR) is 85.2 cm³/mol. The van der Waals surface area contributed by atoms with Gasteiger partial charge in [0.2, 0.25) is 0 Å². The van der Waals surface area contributed by atoms with Crippen LogP contribution in [0.1, 0.15) is 29.4 Å². The molecule has 3 rings (SSSR count). The summed E-state index contributed by atoms with van der Waals surface area (Å²) < 4.78 is 5.27. The monoisotopic (exact) mass is 299 g/mol. The van der Waals surface area contributed by atoms with Crippen LogP contribution in [-0.2, 0) is 6.54 Å². The van der Waals surface area contributed by atoms with Crippen LogP contribution in [0.2, 0.25) is 0 Å². The molecule has 2 aromatic rings. The minimum absolute atomic E-state index is 0.0613. The number of ether oxygens (including phenoxy) is 1. The van der Waals surface area contributed by atoms with E-state index in [-0.39, 0.29) is 5.56 Å². The summed E-state index contributed by atoms with van der Waals surface area (Å²) >= 11 is 0. The van der Waals surface area contributed by atoms with Gasteiger partial charge in [0.15, 0.2) is 0 Å². The zero-order valence-electron chi connectivity index (χ0n) is 13.0. The van der Waals surface area contributed by atoms with Gasteiger partial charge in [0.1, 0.15) is 11.6 Å². The van der Waals surface area contributed by atoms with Crippen LogP contribution in [0.3, 0.4) is 0 Å². The molecule has 0 saturated carbocycles. The lowest BCUT2D eigenvalue weighted by Gasteiger charge is -2.16. The zero-order chi connectivity index (χ0) is 15.5. The molecule has 22 heavy (non-hydrogen) atoms. The summed E-state index contributed by atoms with van der Waals surface area (Å²) in [5.74, 6) is 1.92. The molecule has 1 atom stereocenters. The summed E-state index contributed by atoms with van der Waals surface area (Å²) in [6, 6.07) is 9.80. The van der Waals surface area contributed by atoms with Crippen LogP contribution in [0.4, 0.5) is 0 Å². The van der Waals surface area contributed by atoms with E-state index in [9.17, 15) is 4.79 Å². The standard InChI is InChI=1S/C17H21N3O2/c1-12-18-16(9-17(21)19-12)14-6-7-20(11-14)10-13-4-3-5-15(8-13)22-2/h3-5,8-9,14H,6-7,10-11H2,1-2H3,(H,18,19,21)/t14-/m0/s1. The maximum atomic E-state index is 11.6. The van der Waals surface area contributed by atoms with Gasteiger partial charge >= 0.3 is 0 Å². The van der Waals surface area contributed by atoms with Crippen molar-refractivity contribution in [3.8, 4) is 5.75 Å². The van der Waals surface area contributed by atoms with Crippen molar-refractivity contribution in [2.45, 2.75) is 25.8 Å². The maximum Gasteiger partial charge on any atom is 0.251 e. The molecule has 116 valence electrons. The van der Waals surface area contributed by atoms with Gasteiger partial charge in [-0.3, -0.25) is 9.69 Å². The van der Waals surface area contributed by atoms with E-state index >= 15 is 0 Å². The van der Waals surface area contributed by atoms with Crippen molar-refractivity contribution >= 4 is 0 Å². The van der Waals surface area contributed by atoms with Crippen molar-refractivity contribution in [3.05, 3.63) is 57.8 Å². The molecule has 1 N–H and O–H groups in total. The highest BCUT2D eigenvalue weighted by atomic mass is 16.5. The van der Waals surface area contributed by atoms with Crippen molar-refractivity contribution in [2.24, 2.45) is 0 Å². The normalized spacial score (nSPS) is 18.5. The van der Waals surface area contributed by atoms with E-state index in [1.54, 1.807) is 13.2 Å². The number of aromatic nitrogens is 2. The third kappa shape index (κ3) is 3.36. The highest BCUT2D eigenvalue weighted by Gasteiger charge is 2.25. The lowest BCUT2D eigenvalue weighted by atomic mass is 10.0. The fraction of sp³-hybridized carbons (Fsp3) is 0.412. The second-order valence-electron chi connectivity index (χ2n) is 5.83. The number of nitrogens with zero attached hydrogens (tertiary/aromatic N) is 2. The van der Waals surface area contributed by atoms with Gasteiger partial charge in [-0.15, -0.1) is 0 Å². The Balaban J connectivity index is 1.68. The molecule has 1 aromatic carbocycles. The van der Waals surface area contributed by atoms with Gasteiger partial charge in [0.25, 0.3) is 5.56 Å². The molecule has 1 aromatic heterocycles. The Hall–Kier alpha value is -2.14. The second-order valence-corrected chi connectivity index (χ2v) is 5.83. The molecule has 5 heteroatoms. The van der Waals surface area contributed by atoms with Gasteiger partial charge in [0.05, 0.1) is 12.8 Å². The molecule has 1 aliphatic heterocycles. The Labute approximate surface area is 130 Å². The third-order valence-electron chi connectivity index (χ3n) is 4.11. The van der Waals surface area contributed by atoms with Crippen LogP contribution < -0.4 is 10.3 Å². The number of hydrogen-bond donors (Lipinski definition) is 1. The Bertz CT molecular complexity index is 711. The summed E-state index contributed by atoms with van der Waals surface area (Å²) in [6.45, 7) is 4.69. The van der Waals surface area contributed by atoms with E-state index in [1.807, 2.05) is 19.1 Å². The zero-order valence-corrected chi connectivity index (χ0v) is 13.0. The Kier molecular flexibility index (Phi) is 4.24. The topological polar surface area (TPSA) is 58.2 Å². The molecule has 0 spiro atoms. The van der Waals surface area contributed by atoms with Crippen LogP contribution >= 0.6 is 0 Å². The molecular weight excluding hydrogens is 278 g/mol. The van der Waals surface area contributed by atoms with E-state index < -0.39 is 0 Å². The average Bonchev–Trinajstić information content (AvgIpc) is 2.95. The van der Waals surface area contributed by atoms with Gasteiger partial charge in [0, 0.05) is 25.1 Å². The molecule has 0 aliphatic carbocycles. The van der Waals surface area contributed by atoms with Crippen molar-refractivity contribution in [1.82, 2.24) is 14.9 Å². The second kappa shape index (κ2) is 6.32. The largest absolute Gasteiger partial charge is 0.497 e. The average molecular weight is 299 g/mol. The molecule has 1 saturated heterocycles. The van der Waals surface area contributed by atoms with Gasteiger partial charge in [-0.25, -0.2) is 4.98 Å². The van der Waals surface area contributed by atoms with Crippen LogP contribution in [0, 0.1) is 6.92 Å². The van der Waals surface area contributed by atoms with E-state index in [0.717, 1.165) is 37.5 Å². The number of hydrogen-bond acceptors (Lipinski definition) is 4. The first-order valence-corrected chi connectivity index (χ1v) is 7.57. The molecule has 2 heterocycles. The first-order chi connectivity index (χ1) is 10.6. The molecular formula is C17H21N3O2. The lowest BCUT2D eigenvalue weighted by Crippen LogP contribution is -2.20. The number of aryl methyl sites for hydroxylation is 1. The highest BCUT2D eigenvalue weighted by Crippen LogP contribution is 2.26. The lowest BCUT2D eigenvalue weighted by molar-refractivity contribution is 0.325. The summed E-state index contributed by atoms with van der Waals surface area (Å²) in [4.78, 5) is 21.2. The van der Waals surface area contributed by atoms with E-state index in [0.29, 0.717) is 11.7 Å². The van der Waals surface area contributed by atoms with Gasteiger partial charge < -0.3 is 9.72 Å². The first kappa shape index (κ1) is 14.8. The van der Waals surface area contributed by atoms with E-state index in [4.69, 9.17) is 4.74 Å².